The van der Waals surface area contributed by atoms with E-state index in [1.54, 1.807) is 33.4 Å². The van der Waals surface area contributed by atoms with Crippen molar-refractivity contribution in [3.05, 3.63) is 86.5 Å². The lowest BCUT2D eigenvalue weighted by Crippen LogP contribution is -2.83. The van der Waals surface area contributed by atoms with Gasteiger partial charge in [-0.05, 0) is 125 Å². The van der Waals surface area contributed by atoms with E-state index in [-0.39, 0.29) is 0 Å². The van der Waals surface area contributed by atoms with E-state index in [2.05, 4.69) is 181 Å². The van der Waals surface area contributed by atoms with Crippen molar-refractivity contribution in [3.63, 3.8) is 0 Å². The summed E-state index contributed by atoms with van der Waals surface area (Å²) in [7, 11) is -5.33. The fourth-order valence-corrected chi connectivity index (χ4v) is 37.5. The van der Waals surface area contributed by atoms with Crippen LogP contribution in [0.4, 0.5) is 0 Å². The van der Waals surface area contributed by atoms with Gasteiger partial charge in [0.1, 0.15) is 7.59 Å². The van der Waals surface area contributed by atoms with Gasteiger partial charge < -0.3 is 0 Å². The van der Waals surface area contributed by atoms with Crippen LogP contribution in [0.25, 0.3) is 0 Å². The van der Waals surface area contributed by atoms with Crippen molar-refractivity contribution in [2.24, 2.45) is 0 Å². The van der Waals surface area contributed by atoms with Crippen LogP contribution < -0.4 is 15.6 Å². The van der Waals surface area contributed by atoms with E-state index in [4.69, 9.17) is 0 Å². The van der Waals surface area contributed by atoms with Gasteiger partial charge in [0.2, 0.25) is 0 Å². The molecule has 3 aromatic carbocycles. The molecule has 53 heavy (non-hydrogen) atoms. The third-order valence-electron chi connectivity index (χ3n) is 12.6. The molecule has 3 aromatic rings. The van der Waals surface area contributed by atoms with E-state index >= 15 is 0 Å². The zero-order valence-electron chi connectivity index (χ0n) is 38.4. The molecule has 0 N–H and O–H groups in total. The summed E-state index contributed by atoms with van der Waals surface area (Å²) in [6.45, 7) is 52.6. The van der Waals surface area contributed by atoms with E-state index in [9.17, 15) is 0 Å². The van der Waals surface area contributed by atoms with Gasteiger partial charge in [0.25, 0.3) is 0 Å². The van der Waals surface area contributed by atoms with E-state index in [0.717, 1.165) is 0 Å². The lowest BCUT2D eigenvalue weighted by Gasteiger charge is -2.54. The van der Waals surface area contributed by atoms with Crippen LogP contribution in [0.3, 0.4) is 0 Å². The second-order valence-corrected chi connectivity index (χ2v) is 35.5. The van der Waals surface area contributed by atoms with Gasteiger partial charge in [0.05, 0.1) is 8.07 Å². The van der Waals surface area contributed by atoms with E-state index in [0.29, 0.717) is 53.3 Å². The lowest BCUT2D eigenvalue weighted by molar-refractivity contribution is 0.808. The second kappa shape index (κ2) is 16.3. The van der Waals surface area contributed by atoms with Gasteiger partial charge in [-0.3, -0.25) is 0 Å². The molecule has 0 unspecified atom stereocenters. The van der Waals surface area contributed by atoms with Crippen LogP contribution in [-0.2, 0) is 0 Å². The van der Waals surface area contributed by atoms with Crippen molar-refractivity contribution in [2.75, 3.05) is 0 Å². The van der Waals surface area contributed by atoms with Crippen molar-refractivity contribution in [1.82, 2.24) is 0 Å². The zero-order valence-corrected chi connectivity index (χ0v) is 41.4. The van der Waals surface area contributed by atoms with Gasteiger partial charge in [0.15, 0.2) is 0 Å². The number of benzene rings is 3. The van der Waals surface area contributed by atoms with Crippen LogP contribution in [0, 0.1) is 0 Å². The van der Waals surface area contributed by atoms with Crippen LogP contribution in [0.15, 0.2) is 36.4 Å². The van der Waals surface area contributed by atoms with Crippen LogP contribution in [0.2, 0.25) is 25.7 Å². The molecule has 1 aliphatic rings. The van der Waals surface area contributed by atoms with Crippen LogP contribution in [0.1, 0.15) is 228 Å². The van der Waals surface area contributed by atoms with Gasteiger partial charge >= 0.3 is 0 Å². The summed E-state index contributed by atoms with van der Waals surface area (Å²) < 4.78 is 0. The van der Waals surface area contributed by atoms with E-state index in [1.165, 1.54) is 22.7 Å². The highest BCUT2D eigenvalue weighted by molar-refractivity contribution is 7.60. The first-order valence-electron chi connectivity index (χ1n) is 21.7. The van der Waals surface area contributed by atoms with Gasteiger partial charge in [-0.1, -0.05) is 185 Å². The Morgan fingerprint density at radius 2 is 0.642 bits per heavy atom. The Morgan fingerprint density at radius 3 is 0.849 bits per heavy atom. The summed E-state index contributed by atoms with van der Waals surface area (Å²) in [6, 6.07) is 17.6. The first-order chi connectivity index (χ1) is 24.4. The summed E-state index contributed by atoms with van der Waals surface area (Å²) in [5, 5.41) is 5.57. The highest BCUT2D eigenvalue weighted by Gasteiger charge is 2.58. The fraction of sp³-hybridized carbons (Fsp3) is 0.620. The molecule has 0 aliphatic carbocycles. The Hall–Kier alpha value is -1.82. The topological polar surface area (TPSA) is 0 Å². The van der Waals surface area contributed by atoms with Crippen LogP contribution in [0.5, 0.6) is 0 Å². The normalized spacial score (nSPS) is 15.3. The molecule has 0 radical (unpaired) electrons. The zero-order chi connectivity index (χ0) is 40.2. The molecule has 3 heteroatoms. The largest absolute Gasteiger partial charge is 0.135 e. The molecular formula is C50H80Si3. The van der Waals surface area contributed by atoms with Gasteiger partial charge in [-0.2, -0.15) is 0 Å². The Balaban J connectivity index is 2.52. The second-order valence-electron chi connectivity index (χ2n) is 20.8. The first-order valence-corrected chi connectivity index (χ1v) is 29.9. The summed E-state index contributed by atoms with van der Waals surface area (Å²) in [5.74, 6) is 4.42. The molecule has 1 heterocycles. The molecule has 0 spiro atoms. The SMILES string of the molecule is CC(C)c1cc(C(C)C)c([Si]2=C([Si](C)(C)C)C[Si]2(c2c(C(C)C)cc(C(C)C)cc2C(C)C)c2c(C(C)C)cc(C(C)C)cc2C(C)C)c(C(C)C)c1. The lowest BCUT2D eigenvalue weighted by atomic mass is 9.89. The van der Waals surface area contributed by atoms with Gasteiger partial charge in [0, 0.05) is 7.93 Å². The molecule has 0 fully saturated rings. The quantitative estimate of drug-likeness (QED) is 0.152. The number of hydrogen-bond acceptors (Lipinski definition) is 0. The average molecular weight is 765 g/mol. The smallest absolute Gasteiger partial charge is 0.0989 e. The minimum Gasteiger partial charge on any atom is -0.0989 e. The highest BCUT2D eigenvalue weighted by atomic mass is 29.2. The predicted molar refractivity (Wildman–Crippen MR) is 250 cm³/mol. The summed E-state index contributed by atoms with van der Waals surface area (Å²) >= 11 is 0. The summed E-state index contributed by atoms with van der Waals surface area (Å²) in [6.07, 6.45) is 0. The first kappa shape index (κ1) is 43.9. The molecule has 0 saturated carbocycles. The molecular weight excluding hydrogens is 685 g/mol. The van der Waals surface area contributed by atoms with Crippen molar-refractivity contribution < 1.29 is 0 Å². The molecule has 0 amide bonds. The standard InChI is InChI=1S/C50H80Si3/c1-29(2)38-22-41(32(7)8)48(42(23-38)33(9)10)51-47(52(19,20)21)28-53(51,49-43(34(11)12)24-39(30(3)4)25-44(49)35(13)14)50-45(36(15)16)26-40(31(5)6)27-46(50)37(17)18/h22-27,29-37H,28H2,1-21H3. The molecule has 292 valence electrons. The maximum atomic E-state index is 2.71. The third kappa shape index (κ3) is 8.20. The fourth-order valence-electron chi connectivity index (χ4n) is 9.29. The Bertz CT molecular complexity index is 1650. The maximum absolute atomic E-state index is 2.71. The Kier molecular flexibility index (Phi) is 13.5. The summed E-state index contributed by atoms with van der Waals surface area (Å²) in [5.41, 5.74) is 14.7. The number of hydrogen-bond donors (Lipinski definition) is 0. The van der Waals surface area contributed by atoms with Crippen LogP contribution in [-0.4, -0.2) is 28.4 Å². The average Bonchev–Trinajstić information content (AvgIpc) is 3.02. The Morgan fingerprint density at radius 1 is 0.396 bits per heavy atom. The van der Waals surface area contributed by atoms with E-state index < -0.39 is 23.6 Å². The van der Waals surface area contributed by atoms with Crippen molar-refractivity contribution >= 4 is 43.9 Å². The van der Waals surface area contributed by atoms with Crippen molar-refractivity contribution in [1.29, 1.82) is 0 Å². The molecule has 0 aromatic heterocycles. The molecule has 4 rings (SSSR count). The Labute approximate surface area is 332 Å². The molecule has 1 aliphatic heterocycles. The predicted octanol–water partition coefficient (Wildman–Crippen LogP) is 13.5. The minimum atomic E-state index is -2.48. The third-order valence-corrected chi connectivity index (χ3v) is 31.7. The van der Waals surface area contributed by atoms with E-state index in [1.807, 2.05) is 20.4 Å². The van der Waals surface area contributed by atoms with Crippen molar-refractivity contribution in [2.45, 2.75) is 204 Å². The molecule has 0 saturated heterocycles. The summed E-state index contributed by atoms with van der Waals surface area (Å²) in [4.78, 5) is 2.03. The highest BCUT2D eigenvalue weighted by Crippen LogP contribution is 2.40. The van der Waals surface area contributed by atoms with Gasteiger partial charge in [-0.15, -0.1) is 0 Å². The number of rotatable bonds is 13. The molecule has 0 nitrogen and oxygen atoms in total. The minimum absolute atomic E-state index is 0.474. The van der Waals surface area contributed by atoms with Crippen molar-refractivity contribution in [3.8, 4) is 0 Å². The van der Waals surface area contributed by atoms with Crippen LogP contribution >= 0.6 is 0 Å². The molecule has 0 bridgehead atoms. The molecule has 0 atom stereocenters. The maximum Gasteiger partial charge on any atom is 0.135 e. The monoisotopic (exact) mass is 765 g/mol. The van der Waals surface area contributed by atoms with Gasteiger partial charge in [-0.25, -0.2) is 0 Å².